The number of piperazine rings is 1. The third kappa shape index (κ3) is 4.03. The summed E-state index contributed by atoms with van der Waals surface area (Å²) in [4.78, 5) is 28.7. The third-order valence-corrected chi connectivity index (χ3v) is 4.53. The fourth-order valence-electron chi connectivity index (χ4n) is 2.96. The molecule has 0 spiro atoms. The highest BCUT2D eigenvalue weighted by Gasteiger charge is 2.27. The van der Waals surface area contributed by atoms with Crippen molar-refractivity contribution < 1.29 is 14.3 Å². The first kappa shape index (κ1) is 17.3. The van der Waals surface area contributed by atoms with Gasteiger partial charge in [0.05, 0.1) is 7.11 Å². The molecule has 0 aromatic heterocycles. The van der Waals surface area contributed by atoms with Gasteiger partial charge in [0.25, 0.3) is 5.91 Å². The van der Waals surface area contributed by atoms with Crippen LogP contribution in [0.1, 0.15) is 37.0 Å². The summed E-state index contributed by atoms with van der Waals surface area (Å²) in [6.07, 6.45) is 1.75. The van der Waals surface area contributed by atoms with Crippen molar-refractivity contribution >= 4 is 11.8 Å². The highest BCUT2D eigenvalue weighted by molar-refractivity contribution is 5.94. The molecule has 5 nitrogen and oxygen atoms in total. The van der Waals surface area contributed by atoms with E-state index in [-0.39, 0.29) is 17.7 Å². The number of methoxy groups -OCH3 is 1. The maximum absolute atomic E-state index is 12.6. The van der Waals surface area contributed by atoms with E-state index in [1.165, 1.54) is 0 Å². The number of rotatable bonds is 5. The molecule has 23 heavy (non-hydrogen) atoms. The average Bonchev–Trinajstić information content (AvgIpc) is 2.62. The van der Waals surface area contributed by atoms with Gasteiger partial charge in [-0.3, -0.25) is 9.59 Å². The molecule has 0 N–H and O–H groups in total. The lowest BCUT2D eigenvalue weighted by Crippen LogP contribution is -2.51. The maximum atomic E-state index is 12.6. The normalized spacial score (nSPS) is 15.0. The van der Waals surface area contributed by atoms with E-state index in [4.69, 9.17) is 4.74 Å². The van der Waals surface area contributed by atoms with Gasteiger partial charge < -0.3 is 14.5 Å². The summed E-state index contributed by atoms with van der Waals surface area (Å²) in [6, 6.07) is 7.19. The van der Waals surface area contributed by atoms with Crippen LogP contribution in [-0.2, 0) is 4.79 Å². The van der Waals surface area contributed by atoms with E-state index < -0.39 is 0 Å². The second-order valence-corrected chi connectivity index (χ2v) is 5.86. The first-order chi connectivity index (χ1) is 11.1. The monoisotopic (exact) mass is 318 g/mol. The average molecular weight is 318 g/mol. The van der Waals surface area contributed by atoms with Gasteiger partial charge in [-0.05, 0) is 31.0 Å². The van der Waals surface area contributed by atoms with Gasteiger partial charge in [0.2, 0.25) is 5.91 Å². The van der Waals surface area contributed by atoms with Gasteiger partial charge in [-0.25, -0.2) is 0 Å². The zero-order valence-corrected chi connectivity index (χ0v) is 14.2. The fourth-order valence-corrected chi connectivity index (χ4v) is 2.96. The lowest BCUT2D eigenvalue weighted by atomic mass is 10.0. The molecule has 0 radical (unpaired) electrons. The van der Waals surface area contributed by atoms with Crippen LogP contribution in [0.5, 0.6) is 5.75 Å². The predicted molar refractivity (Wildman–Crippen MR) is 89.5 cm³/mol. The first-order valence-corrected chi connectivity index (χ1v) is 8.32. The number of hydrogen-bond donors (Lipinski definition) is 0. The van der Waals surface area contributed by atoms with Crippen molar-refractivity contribution in [3.63, 3.8) is 0 Å². The molecular weight excluding hydrogens is 292 g/mol. The number of carbonyl (C=O) groups is 2. The SMILES string of the molecule is CCC(CC)C(=O)N1CCN(C(=O)c2cccc(OC)c2)CC1. The number of nitrogens with zero attached hydrogens (tertiary/aromatic N) is 2. The van der Waals surface area contributed by atoms with Crippen molar-refractivity contribution in [3.8, 4) is 5.75 Å². The summed E-state index contributed by atoms with van der Waals surface area (Å²) in [5, 5.41) is 0. The first-order valence-electron chi connectivity index (χ1n) is 8.32. The molecule has 1 aromatic rings. The van der Waals surface area contributed by atoms with E-state index in [2.05, 4.69) is 13.8 Å². The Morgan fingerprint density at radius 2 is 1.70 bits per heavy atom. The maximum Gasteiger partial charge on any atom is 0.254 e. The number of carbonyl (C=O) groups excluding carboxylic acids is 2. The molecule has 0 saturated carbocycles. The number of amides is 2. The Morgan fingerprint density at radius 3 is 2.26 bits per heavy atom. The second kappa shape index (κ2) is 7.99. The Hall–Kier alpha value is -2.04. The van der Waals surface area contributed by atoms with Gasteiger partial charge in [-0.2, -0.15) is 0 Å². The Labute approximate surface area is 138 Å². The highest BCUT2D eigenvalue weighted by Crippen LogP contribution is 2.17. The highest BCUT2D eigenvalue weighted by atomic mass is 16.5. The Bertz CT molecular complexity index is 547. The molecule has 1 saturated heterocycles. The third-order valence-electron chi connectivity index (χ3n) is 4.53. The molecule has 2 amide bonds. The van der Waals surface area contributed by atoms with Gasteiger partial charge >= 0.3 is 0 Å². The van der Waals surface area contributed by atoms with Crippen molar-refractivity contribution in [1.29, 1.82) is 0 Å². The number of hydrogen-bond acceptors (Lipinski definition) is 3. The Kier molecular flexibility index (Phi) is 6.02. The molecule has 0 bridgehead atoms. The van der Waals surface area contributed by atoms with Crippen LogP contribution in [0.25, 0.3) is 0 Å². The predicted octanol–water partition coefficient (Wildman–Crippen LogP) is 2.42. The van der Waals surface area contributed by atoms with Crippen LogP contribution in [0.2, 0.25) is 0 Å². The van der Waals surface area contributed by atoms with Crippen LogP contribution in [0.3, 0.4) is 0 Å². The Balaban J connectivity index is 1.95. The van der Waals surface area contributed by atoms with Crippen molar-refractivity contribution in [3.05, 3.63) is 29.8 Å². The van der Waals surface area contributed by atoms with E-state index in [0.717, 1.165) is 12.8 Å². The largest absolute Gasteiger partial charge is 0.497 e. The minimum atomic E-state index is -0.00136. The molecule has 0 unspecified atom stereocenters. The molecule has 1 aliphatic heterocycles. The Morgan fingerprint density at radius 1 is 1.09 bits per heavy atom. The van der Waals surface area contributed by atoms with Crippen molar-refractivity contribution in [1.82, 2.24) is 9.80 Å². The summed E-state index contributed by atoms with van der Waals surface area (Å²) < 4.78 is 5.17. The molecule has 5 heteroatoms. The zero-order valence-electron chi connectivity index (χ0n) is 14.2. The smallest absolute Gasteiger partial charge is 0.254 e. The van der Waals surface area contributed by atoms with E-state index in [1.807, 2.05) is 21.9 Å². The zero-order chi connectivity index (χ0) is 16.8. The molecule has 0 aliphatic carbocycles. The van der Waals surface area contributed by atoms with Gasteiger partial charge in [-0.1, -0.05) is 19.9 Å². The molecule has 0 atom stereocenters. The molecule has 1 heterocycles. The lowest BCUT2D eigenvalue weighted by Gasteiger charge is -2.36. The lowest BCUT2D eigenvalue weighted by molar-refractivity contribution is -0.137. The van der Waals surface area contributed by atoms with Crippen molar-refractivity contribution in [2.45, 2.75) is 26.7 Å². The van der Waals surface area contributed by atoms with Crippen LogP contribution >= 0.6 is 0 Å². The second-order valence-electron chi connectivity index (χ2n) is 5.86. The van der Waals surface area contributed by atoms with E-state index in [9.17, 15) is 9.59 Å². The van der Waals surface area contributed by atoms with E-state index in [0.29, 0.717) is 37.5 Å². The summed E-state index contributed by atoms with van der Waals surface area (Å²) in [6.45, 7) is 6.50. The summed E-state index contributed by atoms with van der Waals surface area (Å²) >= 11 is 0. The molecule has 126 valence electrons. The van der Waals surface area contributed by atoms with Crippen molar-refractivity contribution in [2.75, 3.05) is 33.3 Å². The molecule has 1 aromatic carbocycles. The van der Waals surface area contributed by atoms with Gasteiger partial charge in [-0.15, -0.1) is 0 Å². The molecule has 1 aliphatic rings. The van der Waals surface area contributed by atoms with Crippen LogP contribution in [0.15, 0.2) is 24.3 Å². The van der Waals surface area contributed by atoms with E-state index in [1.54, 1.807) is 19.2 Å². The molecular formula is C18H26N2O3. The fraction of sp³-hybridized carbons (Fsp3) is 0.556. The number of ether oxygens (including phenoxy) is 1. The van der Waals surface area contributed by atoms with Crippen LogP contribution in [0.4, 0.5) is 0 Å². The standard InChI is InChI=1S/C18H26N2O3/c1-4-14(5-2)17(21)19-9-11-20(12-10-19)18(22)15-7-6-8-16(13-15)23-3/h6-8,13-14H,4-5,9-12H2,1-3H3. The van der Waals surface area contributed by atoms with E-state index >= 15 is 0 Å². The van der Waals surface area contributed by atoms with Gasteiger partial charge in [0.15, 0.2) is 0 Å². The topological polar surface area (TPSA) is 49.9 Å². The summed E-state index contributed by atoms with van der Waals surface area (Å²) in [5.41, 5.74) is 0.629. The van der Waals surface area contributed by atoms with Crippen molar-refractivity contribution in [2.24, 2.45) is 5.92 Å². The minimum absolute atomic E-state index is 0.00136. The quantitative estimate of drug-likeness (QED) is 0.838. The van der Waals surface area contributed by atoms with Crippen LogP contribution in [0, 0.1) is 5.92 Å². The summed E-state index contributed by atoms with van der Waals surface area (Å²) in [5.74, 6) is 1.01. The molecule has 2 rings (SSSR count). The molecule has 1 fully saturated rings. The number of benzene rings is 1. The van der Waals surface area contributed by atoms with Crippen LogP contribution < -0.4 is 4.74 Å². The van der Waals surface area contributed by atoms with Gasteiger partial charge in [0, 0.05) is 37.7 Å². The van der Waals surface area contributed by atoms with Gasteiger partial charge in [0.1, 0.15) is 5.75 Å². The summed E-state index contributed by atoms with van der Waals surface area (Å²) in [7, 11) is 1.59. The van der Waals surface area contributed by atoms with Crippen LogP contribution in [-0.4, -0.2) is 54.9 Å². The minimum Gasteiger partial charge on any atom is -0.497 e.